The maximum Gasteiger partial charge on any atom is 0.227 e. The Morgan fingerprint density at radius 1 is 0.340 bits per heavy atom. The summed E-state index contributed by atoms with van der Waals surface area (Å²) in [6, 6.07) is 53.2. The zero-order chi connectivity index (χ0) is 36.1. The van der Waals surface area contributed by atoms with Crippen LogP contribution in [0.15, 0.2) is 156 Å². The molecule has 0 unspecified atom stereocenters. The van der Waals surface area contributed by atoms with Gasteiger partial charge in [-0.3, -0.25) is 0 Å². The molecule has 4 heteroatoms. The van der Waals surface area contributed by atoms with Gasteiger partial charge in [0.2, 0.25) is 5.89 Å². The molecule has 2 aromatic heterocycles. The second-order valence-electron chi connectivity index (χ2n) is 14.1. The lowest BCUT2D eigenvalue weighted by atomic mass is 9.90. The van der Waals surface area contributed by atoms with E-state index in [4.69, 9.17) is 14.4 Å². The van der Waals surface area contributed by atoms with Crippen LogP contribution in [0.4, 0.5) is 0 Å². The Bertz CT molecular complexity index is 2720. The summed E-state index contributed by atoms with van der Waals surface area (Å²) in [5.41, 5.74) is 19.9. The molecule has 9 rings (SSSR count). The Morgan fingerprint density at radius 3 is 1.28 bits per heavy atom. The summed E-state index contributed by atoms with van der Waals surface area (Å²) in [6.07, 6.45) is 0. The Kier molecular flexibility index (Phi) is 8.01. The van der Waals surface area contributed by atoms with E-state index in [1.165, 1.54) is 33.4 Å². The Hall–Kier alpha value is -6.65. The van der Waals surface area contributed by atoms with Gasteiger partial charge in [-0.2, -0.15) is 0 Å². The number of fused-ring (bicyclic) bond motifs is 2. The van der Waals surface area contributed by atoms with Crippen LogP contribution in [0.1, 0.15) is 22.3 Å². The molecule has 4 nitrogen and oxygen atoms in total. The Labute approximate surface area is 309 Å². The van der Waals surface area contributed by atoms with Crippen LogP contribution in [0.3, 0.4) is 0 Å². The molecule has 0 aliphatic rings. The highest BCUT2D eigenvalue weighted by Crippen LogP contribution is 2.39. The van der Waals surface area contributed by atoms with E-state index in [1.807, 2.05) is 30.3 Å². The summed E-state index contributed by atoms with van der Waals surface area (Å²) < 4.78 is 6.00. The minimum absolute atomic E-state index is 0.623. The molecule has 0 N–H and O–H groups in total. The molecule has 0 fully saturated rings. The number of benzene rings is 7. The number of oxazole rings is 1. The molecule has 254 valence electrons. The molecule has 2 heterocycles. The fourth-order valence-electron chi connectivity index (χ4n) is 7.46. The largest absolute Gasteiger partial charge is 0.436 e. The van der Waals surface area contributed by atoms with Crippen molar-refractivity contribution >= 4 is 22.1 Å². The van der Waals surface area contributed by atoms with Gasteiger partial charge in [0.05, 0.1) is 22.4 Å². The predicted molar refractivity (Wildman–Crippen MR) is 219 cm³/mol. The molecule has 0 saturated heterocycles. The average Bonchev–Trinajstić information content (AvgIpc) is 3.61. The summed E-state index contributed by atoms with van der Waals surface area (Å²) in [4.78, 5) is 15.5. The van der Waals surface area contributed by atoms with Crippen molar-refractivity contribution in [1.29, 1.82) is 0 Å². The summed E-state index contributed by atoms with van der Waals surface area (Å²) in [5.74, 6) is 0.623. The molecule has 0 spiro atoms. The van der Waals surface area contributed by atoms with Crippen molar-refractivity contribution in [3.05, 3.63) is 174 Å². The van der Waals surface area contributed by atoms with Crippen LogP contribution in [0.25, 0.3) is 89.5 Å². The van der Waals surface area contributed by atoms with E-state index in [-0.39, 0.29) is 0 Å². The van der Waals surface area contributed by atoms with Crippen LogP contribution in [0, 0.1) is 27.7 Å². The summed E-state index contributed by atoms with van der Waals surface area (Å²) >= 11 is 0. The van der Waals surface area contributed by atoms with Gasteiger partial charge in [-0.25, -0.2) is 15.0 Å². The van der Waals surface area contributed by atoms with E-state index in [0.29, 0.717) is 5.89 Å². The smallest absolute Gasteiger partial charge is 0.227 e. The van der Waals surface area contributed by atoms with E-state index < -0.39 is 0 Å². The first-order valence-corrected chi connectivity index (χ1v) is 18.0. The van der Waals surface area contributed by atoms with Gasteiger partial charge in [0.25, 0.3) is 0 Å². The number of rotatable bonds is 6. The Balaban J connectivity index is 1.16. The van der Waals surface area contributed by atoms with Gasteiger partial charge in [-0.15, -0.1) is 0 Å². The van der Waals surface area contributed by atoms with E-state index >= 15 is 0 Å². The SMILES string of the molecule is Cc1cc(C)cc(-c2cc3nc(-c4ccccc4)c(-c4ccc(-c5ccc(-c6nc7ccccc7o6)cc5)cc4)nc3cc2-c2cc(C)cc(C)c2)c1. The van der Waals surface area contributed by atoms with Crippen molar-refractivity contribution in [2.24, 2.45) is 0 Å². The standard InChI is InChI=1S/C49H37N3O/c1-30-22-31(2)25-39(24-30)41-28-44-45(29-42(41)40-26-32(3)23-33(4)27-40)51-48(47(50-44)36-10-6-5-7-11-36)37-18-14-34(15-19-37)35-16-20-38(21-17-35)49-52-43-12-8-9-13-46(43)53-49/h5-29H,1-4H3. The number of hydrogen-bond donors (Lipinski definition) is 0. The number of para-hydroxylation sites is 2. The first-order valence-electron chi connectivity index (χ1n) is 18.0. The third-order valence-corrected chi connectivity index (χ3v) is 9.83. The van der Waals surface area contributed by atoms with Crippen LogP contribution in [-0.4, -0.2) is 15.0 Å². The van der Waals surface area contributed by atoms with Gasteiger partial charge in [0.1, 0.15) is 5.52 Å². The van der Waals surface area contributed by atoms with Crippen molar-refractivity contribution in [2.45, 2.75) is 27.7 Å². The predicted octanol–water partition coefficient (Wildman–Crippen LogP) is 13.0. The molecule has 0 aliphatic carbocycles. The van der Waals surface area contributed by atoms with Crippen LogP contribution >= 0.6 is 0 Å². The van der Waals surface area contributed by atoms with E-state index in [0.717, 1.165) is 72.5 Å². The van der Waals surface area contributed by atoms with E-state index in [2.05, 4.69) is 154 Å². The highest BCUT2D eigenvalue weighted by atomic mass is 16.3. The number of nitrogens with zero attached hydrogens (tertiary/aromatic N) is 3. The van der Waals surface area contributed by atoms with Gasteiger partial charge >= 0.3 is 0 Å². The van der Waals surface area contributed by atoms with Crippen LogP contribution < -0.4 is 0 Å². The Morgan fingerprint density at radius 2 is 0.774 bits per heavy atom. The van der Waals surface area contributed by atoms with Crippen molar-refractivity contribution in [3.8, 4) is 67.3 Å². The highest BCUT2D eigenvalue weighted by molar-refractivity contribution is 5.96. The molecule has 0 bridgehead atoms. The average molecular weight is 684 g/mol. The van der Waals surface area contributed by atoms with Crippen molar-refractivity contribution in [1.82, 2.24) is 15.0 Å². The molecule has 0 radical (unpaired) electrons. The highest BCUT2D eigenvalue weighted by Gasteiger charge is 2.18. The minimum Gasteiger partial charge on any atom is -0.436 e. The quantitative estimate of drug-likeness (QED) is 0.175. The summed E-state index contributed by atoms with van der Waals surface area (Å²) in [5, 5.41) is 0. The summed E-state index contributed by atoms with van der Waals surface area (Å²) in [6.45, 7) is 8.64. The fraction of sp³-hybridized carbons (Fsp3) is 0.0816. The second kappa shape index (κ2) is 13.2. The topological polar surface area (TPSA) is 51.8 Å². The molecular weight excluding hydrogens is 647 g/mol. The first kappa shape index (κ1) is 32.3. The van der Waals surface area contributed by atoms with E-state index in [9.17, 15) is 0 Å². The first-order chi connectivity index (χ1) is 25.8. The fourth-order valence-corrected chi connectivity index (χ4v) is 7.46. The molecule has 0 saturated carbocycles. The van der Waals surface area contributed by atoms with E-state index in [1.54, 1.807) is 0 Å². The van der Waals surface area contributed by atoms with Crippen LogP contribution in [0.5, 0.6) is 0 Å². The monoisotopic (exact) mass is 683 g/mol. The van der Waals surface area contributed by atoms with Crippen LogP contribution in [0.2, 0.25) is 0 Å². The van der Waals surface area contributed by atoms with Crippen molar-refractivity contribution in [2.75, 3.05) is 0 Å². The molecule has 53 heavy (non-hydrogen) atoms. The minimum atomic E-state index is 0.623. The molecule has 0 amide bonds. The zero-order valence-corrected chi connectivity index (χ0v) is 30.2. The van der Waals surface area contributed by atoms with Crippen LogP contribution in [-0.2, 0) is 0 Å². The maximum absolute atomic E-state index is 6.00. The van der Waals surface area contributed by atoms with Gasteiger partial charge in [-0.05, 0) is 97.5 Å². The third kappa shape index (κ3) is 6.30. The lowest BCUT2D eigenvalue weighted by Crippen LogP contribution is -1.98. The summed E-state index contributed by atoms with van der Waals surface area (Å²) in [7, 11) is 0. The van der Waals surface area contributed by atoms with Crippen molar-refractivity contribution in [3.63, 3.8) is 0 Å². The molecular formula is C49H37N3O. The number of hydrogen-bond acceptors (Lipinski definition) is 4. The van der Waals surface area contributed by atoms with Gasteiger partial charge in [-0.1, -0.05) is 138 Å². The van der Waals surface area contributed by atoms with Gasteiger partial charge < -0.3 is 4.42 Å². The third-order valence-electron chi connectivity index (χ3n) is 9.83. The zero-order valence-electron chi connectivity index (χ0n) is 30.2. The molecule has 0 atom stereocenters. The molecule has 9 aromatic rings. The number of aryl methyl sites for hydroxylation is 4. The number of aromatic nitrogens is 3. The molecule has 0 aliphatic heterocycles. The lowest BCUT2D eigenvalue weighted by molar-refractivity contribution is 0.620. The van der Waals surface area contributed by atoms with Gasteiger partial charge in [0.15, 0.2) is 5.58 Å². The van der Waals surface area contributed by atoms with Gasteiger partial charge in [0, 0.05) is 16.7 Å². The maximum atomic E-state index is 6.00. The molecule has 7 aromatic carbocycles. The normalized spacial score (nSPS) is 11.4. The van der Waals surface area contributed by atoms with Crippen molar-refractivity contribution < 1.29 is 4.42 Å². The second-order valence-corrected chi connectivity index (χ2v) is 14.1. The lowest BCUT2D eigenvalue weighted by Gasteiger charge is -2.17.